The van der Waals surface area contributed by atoms with Gasteiger partial charge in [-0.05, 0) is 50.4 Å². The molecule has 0 amide bonds. The third-order valence-corrected chi connectivity index (χ3v) is 4.37. The Balaban J connectivity index is 0.00000161. The van der Waals surface area contributed by atoms with E-state index in [1.165, 1.54) is 12.8 Å². The molecule has 1 atom stereocenters. The van der Waals surface area contributed by atoms with Crippen LogP contribution in [0, 0.1) is 5.41 Å². The largest absolute Gasteiger partial charge is 0.460 e. The molecule has 6 heteroatoms. The number of likely N-dealkylation sites (tertiary alicyclic amines) is 1. The molecule has 1 N–H and O–H groups in total. The minimum Gasteiger partial charge on any atom is -0.460 e. The van der Waals surface area contributed by atoms with Gasteiger partial charge < -0.3 is 14.5 Å². The minimum absolute atomic E-state index is 0. The van der Waals surface area contributed by atoms with Crippen LogP contribution in [0.15, 0.2) is 16.5 Å². The molecule has 1 aromatic rings. The van der Waals surface area contributed by atoms with E-state index >= 15 is 0 Å². The summed E-state index contributed by atoms with van der Waals surface area (Å²) in [6.45, 7) is 7.45. The maximum Gasteiger partial charge on any atom is 0.374 e. The lowest BCUT2D eigenvalue weighted by atomic mass is 9.87. The van der Waals surface area contributed by atoms with Gasteiger partial charge in [-0.15, -0.1) is 12.4 Å². The summed E-state index contributed by atoms with van der Waals surface area (Å²) in [5, 5.41) is 3.46. The summed E-state index contributed by atoms with van der Waals surface area (Å²) >= 11 is 0. The molecule has 1 spiro atoms. The average Bonchev–Trinajstić information content (AvgIpc) is 3.14. The van der Waals surface area contributed by atoms with Gasteiger partial charge in [-0.25, -0.2) is 4.79 Å². The first-order chi connectivity index (χ1) is 9.71. The molecule has 21 heavy (non-hydrogen) atoms. The zero-order chi connectivity index (χ0) is 14.0. The van der Waals surface area contributed by atoms with Crippen LogP contribution < -0.4 is 5.32 Å². The third kappa shape index (κ3) is 3.59. The molecule has 2 aliphatic heterocycles. The van der Waals surface area contributed by atoms with E-state index in [0.29, 0.717) is 17.8 Å². The second-order valence-corrected chi connectivity index (χ2v) is 5.87. The zero-order valence-electron chi connectivity index (χ0n) is 12.4. The molecule has 5 nitrogen and oxygen atoms in total. The van der Waals surface area contributed by atoms with Crippen molar-refractivity contribution in [3.05, 3.63) is 23.7 Å². The van der Waals surface area contributed by atoms with Gasteiger partial charge in [0, 0.05) is 13.1 Å². The number of hydrogen-bond acceptors (Lipinski definition) is 5. The Labute approximate surface area is 131 Å². The van der Waals surface area contributed by atoms with Crippen molar-refractivity contribution in [2.75, 3.05) is 32.8 Å². The standard InChI is InChI=1S/C15H22N2O3.ClH/c1-2-19-14(18)13-4-3-12(20-13)9-17-8-6-15(11-17)5-7-16-10-15;/h3-4,16H,2,5-11H2,1H3;1H. The molecule has 2 aliphatic rings. The molecule has 3 heterocycles. The highest BCUT2D eigenvalue weighted by Gasteiger charge is 2.40. The Morgan fingerprint density at radius 3 is 3.05 bits per heavy atom. The van der Waals surface area contributed by atoms with E-state index < -0.39 is 0 Å². The fourth-order valence-corrected chi connectivity index (χ4v) is 3.30. The first-order valence-corrected chi connectivity index (χ1v) is 7.40. The van der Waals surface area contributed by atoms with E-state index in [9.17, 15) is 4.79 Å². The summed E-state index contributed by atoms with van der Waals surface area (Å²) in [6.07, 6.45) is 2.53. The van der Waals surface area contributed by atoms with Gasteiger partial charge in [0.05, 0.1) is 13.2 Å². The molecule has 0 radical (unpaired) electrons. The second kappa shape index (κ2) is 6.81. The van der Waals surface area contributed by atoms with Crippen LogP contribution in [0.5, 0.6) is 0 Å². The Kier molecular flexibility index (Phi) is 5.30. The van der Waals surface area contributed by atoms with Crippen LogP contribution in [0.1, 0.15) is 36.1 Å². The van der Waals surface area contributed by atoms with Crippen LogP contribution in [-0.4, -0.2) is 43.7 Å². The highest BCUT2D eigenvalue weighted by atomic mass is 35.5. The SMILES string of the molecule is CCOC(=O)c1ccc(CN2CCC3(CCNC3)C2)o1.Cl. The van der Waals surface area contributed by atoms with Crippen molar-refractivity contribution in [1.29, 1.82) is 0 Å². The number of rotatable bonds is 4. The monoisotopic (exact) mass is 314 g/mol. The number of furan rings is 1. The maximum absolute atomic E-state index is 11.6. The quantitative estimate of drug-likeness (QED) is 0.862. The van der Waals surface area contributed by atoms with E-state index in [2.05, 4.69) is 10.2 Å². The van der Waals surface area contributed by atoms with E-state index in [-0.39, 0.29) is 18.4 Å². The Hall–Kier alpha value is -1.04. The van der Waals surface area contributed by atoms with Gasteiger partial charge in [-0.1, -0.05) is 0 Å². The first kappa shape index (κ1) is 16.3. The third-order valence-electron chi connectivity index (χ3n) is 4.37. The van der Waals surface area contributed by atoms with Gasteiger partial charge in [-0.3, -0.25) is 4.90 Å². The van der Waals surface area contributed by atoms with Gasteiger partial charge in [-0.2, -0.15) is 0 Å². The number of carbonyl (C=O) groups excluding carboxylic acids is 1. The van der Waals surface area contributed by atoms with E-state index in [1.807, 2.05) is 6.07 Å². The molecule has 1 aromatic heterocycles. The zero-order valence-corrected chi connectivity index (χ0v) is 13.2. The summed E-state index contributed by atoms with van der Waals surface area (Å²) in [5.41, 5.74) is 0.469. The number of halogens is 1. The first-order valence-electron chi connectivity index (χ1n) is 7.40. The molecule has 1 unspecified atom stereocenters. The van der Waals surface area contributed by atoms with Crippen LogP contribution in [0.3, 0.4) is 0 Å². The molecule has 118 valence electrons. The predicted octanol–water partition coefficient (Wildman–Crippen LogP) is 2.06. The fourth-order valence-electron chi connectivity index (χ4n) is 3.30. The normalized spacial score (nSPS) is 25.2. The van der Waals surface area contributed by atoms with Crippen molar-refractivity contribution in [3.8, 4) is 0 Å². The molecule has 3 rings (SSSR count). The van der Waals surface area contributed by atoms with Crippen LogP contribution >= 0.6 is 12.4 Å². The van der Waals surface area contributed by atoms with E-state index in [0.717, 1.165) is 38.5 Å². The number of nitrogens with zero attached hydrogens (tertiary/aromatic N) is 1. The maximum atomic E-state index is 11.6. The Morgan fingerprint density at radius 1 is 1.48 bits per heavy atom. The predicted molar refractivity (Wildman–Crippen MR) is 81.7 cm³/mol. The van der Waals surface area contributed by atoms with Crippen molar-refractivity contribution in [2.45, 2.75) is 26.3 Å². The molecule has 0 saturated carbocycles. The van der Waals surface area contributed by atoms with Crippen molar-refractivity contribution in [3.63, 3.8) is 0 Å². The lowest BCUT2D eigenvalue weighted by molar-refractivity contribution is 0.0486. The Morgan fingerprint density at radius 2 is 2.33 bits per heavy atom. The molecule has 2 saturated heterocycles. The van der Waals surface area contributed by atoms with Crippen LogP contribution in [0.2, 0.25) is 0 Å². The van der Waals surface area contributed by atoms with Crippen molar-refractivity contribution in [1.82, 2.24) is 10.2 Å². The lowest BCUT2D eigenvalue weighted by Gasteiger charge is -2.22. The number of hydrogen-bond donors (Lipinski definition) is 1. The van der Waals surface area contributed by atoms with Gasteiger partial charge in [0.2, 0.25) is 5.76 Å². The van der Waals surface area contributed by atoms with Crippen LogP contribution in [-0.2, 0) is 11.3 Å². The summed E-state index contributed by atoms with van der Waals surface area (Å²) in [5.74, 6) is 0.769. The number of nitrogens with one attached hydrogen (secondary N) is 1. The Bertz CT molecular complexity index is 483. The molecular weight excluding hydrogens is 292 g/mol. The van der Waals surface area contributed by atoms with E-state index in [1.54, 1.807) is 13.0 Å². The average molecular weight is 315 g/mol. The smallest absolute Gasteiger partial charge is 0.374 e. The summed E-state index contributed by atoms with van der Waals surface area (Å²) in [6, 6.07) is 3.58. The number of ether oxygens (including phenoxy) is 1. The van der Waals surface area contributed by atoms with Gasteiger partial charge in [0.1, 0.15) is 5.76 Å². The van der Waals surface area contributed by atoms with Gasteiger partial charge >= 0.3 is 5.97 Å². The highest BCUT2D eigenvalue weighted by Crippen LogP contribution is 2.36. The summed E-state index contributed by atoms with van der Waals surface area (Å²) in [4.78, 5) is 14.0. The summed E-state index contributed by atoms with van der Waals surface area (Å²) in [7, 11) is 0. The fraction of sp³-hybridized carbons (Fsp3) is 0.667. The molecule has 0 bridgehead atoms. The number of esters is 1. The molecule has 0 aromatic carbocycles. The van der Waals surface area contributed by atoms with Gasteiger partial charge in [0.25, 0.3) is 0 Å². The minimum atomic E-state index is -0.378. The van der Waals surface area contributed by atoms with E-state index in [4.69, 9.17) is 9.15 Å². The van der Waals surface area contributed by atoms with Crippen molar-refractivity contribution in [2.24, 2.45) is 5.41 Å². The molecule has 0 aliphatic carbocycles. The lowest BCUT2D eigenvalue weighted by Crippen LogP contribution is -2.28. The molecular formula is C15H23ClN2O3. The van der Waals surface area contributed by atoms with Crippen molar-refractivity contribution < 1.29 is 13.9 Å². The van der Waals surface area contributed by atoms with Crippen molar-refractivity contribution >= 4 is 18.4 Å². The topological polar surface area (TPSA) is 54.7 Å². The molecule has 2 fully saturated rings. The van der Waals surface area contributed by atoms with Crippen LogP contribution in [0.4, 0.5) is 0 Å². The number of carbonyl (C=O) groups is 1. The highest BCUT2D eigenvalue weighted by molar-refractivity contribution is 5.86. The van der Waals surface area contributed by atoms with Crippen LogP contribution in [0.25, 0.3) is 0 Å². The summed E-state index contributed by atoms with van der Waals surface area (Å²) < 4.78 is 10.5. The van der Waals surface area contributed by atoms with Gasteiger partial charge in [0.15, 0.2) is 0 Å². The second-order valence-electron chi connectivity index (χ2n) is 5.87.